The average Bonchev–Trinajstić information content (AvgIpc) is 2.59. The van der Waals surface area contributed by atoms with Gasteiger partial charge in [0.15, 0.2) is 0 Å². The second-order valence-electron chi connectivity index (χ2n) is 5.40. The van der Waals surface area contributed by atoms with Crippen molar-refractivity contribution in [3.63, 3.8) is 0 Å². The monoisotopic (exact) mass is 236 g/mol. The van der Waals surface area contributed by atoms with Crippen LogP contribution in [0.5, 0.6) is 0 Å². The molecule has 0 saturated heterocycles. The van der Waals surface area contributed by atoms with Gasteiger partial charge in [0.25, 0.3) is 0 Å². The molecule has 0 amide bonds. The highest BCUT2D eigenvalue weighted by atomic mass is 16.3. The summed E-state index contributed by atoms with van der Waals surface area (Å²) >= 11 is 0. The maximum absolute atomic E-state index is 5.56. The van der Waals surface area contributed by atoms with Gasteiger partial charge in [-0.15, -0.1) is 0 Å². The maximum atomic E-state index is 5.56. The van der Waals surface area contributed by atoms with Gasteiger partial charge in [0.2, 0.25) is 0 Å². The van der Waals surface area contributed by atoms with Crippen molar-refractivity contribution in [1.29, 1.82) is 0 Å². The van der Waals surface area contributed by atoms with Crippen LogP contribution in [0.2, 0.25) is 0 Å². The van der Waals surface area contributed by atoms with E-state index in [1.165, 1.54) is 24.8 Å². The molecular weight excluding hydrogens is 212 g/mol. The van der Waals surface area contributed by atoms with Crippen molar-refractivity contribution in [2.24, 2.45) is 0 Å². The molecule has 0 aliphatic heterocycles. The summed E-state index contributed by atoms with van der Waals surface area (Å²) < 4.78 is 5.56. The van der Waals surface area contributed by atoms with Gasteiger partial charge in [-0.3, -0.25) is 4.90 Å². The standard InChI is InChI=1S/C14H24N2O/c1-11(2)15-9-14-12(7-8-17-14)10-16(3)13-5-4-6-13/h7-8,11,13,15H,4-6,9-10H2,1-3H3. The summed E-state index contributed by atoms with van der Waals surface area (Å²) in [5, 5.41) is 3.41. The number of rotatable bonds is 6. The van der Waals surface area contributed by atoms with Crippen LogP contribution in [-0.2, 0) is 13.1 Å². The van der Waals surface area contributed by atoms with Gasteiger partial charge in [0.1, 0.15) is 5.76 Å². The summed E-state index contributed by atoms with van der Waals surface area (Å²) in [4.78, 5) is 2.45. The molecule has 1 saturated carbocycles. The average molecular weight is 236 g/mol. The van der Waals surface area contributed by atoms with E-state index in [0.717, 1.165) is 24.9 Å². The Labute approximate surface area is 104 Å². The smallest absolute Gasteiger partial charge is 0.122 e. The van der Waals surface area contributed by atoms with Crippen molar-refractivity contribution in [2.45, 2.75) is 58.3 Å². The quantitative estimate of drug-likeness (QED) is 0.823. The first-order chi connectivity index (χ1) is 8.16. The zero-order chi connectivity index (χ0) is 12.3. The normalized spacial score (nSPS) is 16.8. The summed E-state index contributed by atoms with van der Waals surface area (Å²) in [6.07, 6.45) is 5.91. The molecule has 0 radical (unpaired) electrons. The molecule has 2 rings (SSSR count). The molecule has 96 valence electrons. The van der Waals surface area contributed by atoms with E-state index in [0.29, 0.717) is 6.04 Å². The van der Waals surface area contributed by atoms with Crippen LogP contribution in [0, 0.1) is 0 Å². The molecule has 0 aromatic carbocycles. The molecule has 1 aromatic rings. The molecule has 3 nitrogen and oxygen atoms in total. The minimum atomic E-state index is 0.498. The molecule has 1 fully saturated rings. The van der Waals surface area contributed by atoms with Crippen LogP contribution in [0.3, 0.4) is 0 Å². The Hall–Kier alpha value is -0.800. The lowest BCUT2D eigenvalue weighted by atomic mass is 9.91. The Kier molecular flexibility index (Phi) is 4.24. The van der Waals surface area contributed by atoms with Gasteiger partial charge < -0.3 is 9.73 Å². The highest BCUT2D eigenvalue weighted by molar-refractivity contribution is 5.17. The Morgan fingerprint density at radius 2 is 2.24 bits per heavy atom. The Morgan fingerprint density at radius 1 is 1.47 bits per heavy atom. The van der Waals surface area contributed by atoms with Gasteiger partial charge in [-0.2, -0.15) is 0 Å². The van der Waals surface area contributed by atoms with E-state index >= 15 is 0 Å². The topological polar surface area (TPSA) is 28.4 Å². The van der Waals surface area contributed by atoms with Crippen molar-refractivity contribution in [1.82, 2.24) is 10.2 Å². The molecular formula is C14H24N2O. The van der Waals surface area contributed by atoms with Crippen LogP contribution in [0.15, 0.2) is 16.7 Å². The van der Waals surface area contributed by atoms with Crippen LogP contribution in [-0.4, -0.2) is 24.0 Å². The van der Waals surface area contributed by atoms with Gasteiger partial charge in [0, 0.05) is 24.2 Å². The number of hydrogen-bond acceptors (Lipinski definition) is 3. The minimum Gasteiger partial charge on any atom is -0.468 e. The Morgan fingerprint density at radius 3 is 2.82 bits per heavy atom. The number of nitrogens with one attached hydrogen (secondary N) is 1. The third kappa shape index (κ3) is 3.33. The van der Waals surface area contributed by atoms with Gasteiger partial charge in [0.05, 0.1) is 12.8 Å². The highest BCUT2D eigenvalue weighted by Crippen LogP contribution is 2.25. The summed E-state index contributed by atoms with van der Waals surface area (Å²) in [5.41, 5.74) is 1.33. The number of nitrogens with zero attached hydrogens (tertiary/aromatic N) is 1. The zero-order valence-electron chi connectivity index (χ0n) is 11.2. The van der Waals surface area contributed by atoms with E-state index in [1.807, 2.05) is 0 Å². The fourth-order valence-electron chi connectivity index (χ4n) is 2.19. The van der Waals surface area contributed by atoms with Gasteiger partial charge >= 0.3 is 0 Å². The lowest BCUT2D eigenvalue weighted by Crippen LogP contribution is -2.36. The van der Waals surface area contributed by atoms with E-state index in [-0.39, 0.29) is 0 Å². The molecule has 1 heterocycles. The fourth-order valence-corrected chi connectivity index (χ4v) is 2.19. The maximum Gasteiger partial charge on any atom is 0.122 e. The third-order valence-electron chi connectivity index (χ3n) is 3.63. The van der Waals surface area contributed by atoms with Gasteiger partial charge in [-0.05, 0) is 26.0 Å². The van der Waals surface area contributed by atoms with E-state index in [1.54, 1.807) is 6.26 Å². The van der Waals surface area contributed by atoms with Crippen molar-refractivity contribution < 1.29 is 4.42 Å². The van der Waals surface area contributed by atoms with E-state index in [4.69, 9.17) is 4.42 Å². The van der Waals surface area contributed by atoms with Crippen LogP contribution in [0.4, 0.5) is 0 Å². The van der Waals surface area contributed by atoms with Gasteiger partial charge in [-0.25, -0.2) is 0 Å². The molecule has 0 unspecified atom stereocenters. The molecule has 0 spiro atoms. The molecule has 0 atom stereocenters. The molecule has 0 bridgehead atoms. The highest BCUT2D eigenvalue weighted by Gasteiger charge is 2.22. The number of furan rings is 1. The SMILES string of the molecule is CC(C)NCc1occc1CN(C)C1CCC1. The van der Waals surface area contributed by atoms with Crippen molar-refractivity contribution in [3.05, 3.63) is 23.7 Å². The molecule has 1 aromatic heterocycles. The molecule has 1 aliphatic carbocycles. The van der Waals surface area contributed by atoms with Crippen molar-refractivity contribution in [3.8, 4) is 0 Å². The first-order valence-corrected chi connectivity index (χ1v) is 6.65. The Balaban J connectivity index is 1.88. The fraction of sp³-hybridized carbons (Fsp3) is 0.714. The van der Waals surface area contributed by atoms with E-state index in [9.17, 15) is 0 Å². The molecule has 1 N–H and O–H groups in total. The molecule has 1 aliphatic rings. The third-order valence-corrected chi connectivity index (χ3v) is 3.63. The summed E-state index contributed by atoms with van der Waals surface area (Å²) in [5.74, 6) is 1.09. The van der Waals surface area contributed by atoms with E-state index in [2.05, 4.69) is 37.2 Å². The minimum absolute atomic E-state index is 0.498. The van der Waals surface area contributed by atoms with E-state index < -0.39 is 0 Å². The lowest BCUT2D eigenvalue weighted by Gasteiger charge is -2.34. The Bertz CT molecular complexity index is 342. The van der Waals surface area contributed by atoms with Crippen LogP contribution in [0.1, 0.15) is 44.4 Å². The van der Waals surface area contributed by atoms with Crippen LogP contribution in [0.25, 0.3) is 0 Å². The predicted molar refractivity (Wildman–Crippen MR) is 69.8 cm³/mol. The van der Waals surface area contributed by atoms with Crippen molar-refractivity contribution in [2.75, 3.05) is 7.05 Å². The largest absolute Gasteiger partial charge is 0.468 e. The summed E-state index contributed by atoms with van der Waals surface area (Å²) in [6.45, 7) is 6.15. The molecule has 17 heavy (non-hydrogen) atoms. The van der Waals surface area contributed by atoms with Crippen LogP contribution >= 0.6 is 0 Å². The first kappa shape index (κ1) is 12.7. The molecule has 3 heteroatoms. The first-order valence-electron chi connectivity index (χ1n) is 6.65. The zero-order valence-corrected chi connectivity index (χ0v) is 11.2. The number of hydrogen-bond donors (Lipinski definition) is 1. The van der Waals surface area contributed by atoms with Gasteiger partial charge in [-0.1, -0.05) is 20.3 Å². The second-order valence-corrected chi connectivity index (χ2v) is 5.40. The summed E-state index contributed by atoms with van der Waals surface area (Å²) in [7, 11) is 2.22. The second kappa shape index (κ2) is 5.69. The lowest BCUT2D eigenvalue weighted by molar-refractivity contribution is 0.151. The van der Waals surface area contributed by atoms with Crippen LogP contribution < -0.4 is 5.32 Å². The predicted octanol–water partition coefficient (Wildman–Crippen LogP) is 2.76. The summed E-state index contributed by atoms with van der Waals surface area (Å²) in [6, 6.07) is 3.39. The van der Waals surface area contributed by atoms with Crippen molar-refractivity contribution >= 4 is 0 Å².